The number of ether oxygens (including phenoxy) is 1. The fraction of sp³-hybridized carbons (Fsp3) is 0.917. The van der Waals surface area contributed by atoms with Crippen molar-refractivity contribution >= 4 is 6.09 Å². The number of carbonyl (C=O) groups excluding carboxylic acids is 1. The lowest BCUT2D eigenvalue weighted by molar-refractivity contribution is 0.0941. The second-order valence-electron chi connectivity index (χ2n) is 4.62. The molecule has 1 rings (SSSR count). The van der Waals surface area contributed by atoms with E-state index < -0.39 is 0 Å². The summed E-state index contributed by atoms with van der Waals surface area (Å²) in [6.07, 6.45) is 4.22. The van der Waals surface area contributed by atoms with E-state index in [9.17, 15) is 4.79 Å². The molecule has 1 N–H and O–H groups in total. The molecule has 0 unspecified atom stereocenters. The third-order valence-electron chi connectivity index (χ3n) is 2.71. The molecule has 0 aromatic heterocycles. The zero-order valence-electron chi connectivity index (χ0n) is 10.5. The van der Waals surface area contributed by atoms with E-state index in [1.807, 2.05) is 4.90 Å². The predicted octanol–water partition coefficient (Wildman–Crippen LogP) is 2.00. The summed E-state index contributed by atoms with van der Waals surface area (Å²) in [6.45, 7) is 7.38. The predicted molar refractivity (Wildman–Crippen MR) is 64.5 cm³/mol. The number of hydrogen-bond acceptors (Lipinski definition) is 3. The summed E-state index contributed by atoms with van der Waals surface area (Å²) in [5.74, 6) is 0. The van der Waals surface area contributed by atoms with Crippen LogP contribution in [0.2, 0.25) is 0 Å². The van der Waals surface area contributed by atoms with Gasteiger partial charge in [0, 0.05) is 19.1 Å². The molecule has 1 fully saturated rings. The molecule has 1 aliphatic heterocycles. The van der Waals surface area contributed by atoms with Crippen LogP contribution < -0.4 is 5.32 Å². The SMILES string of the molecule is CC(C)NCCCOC(=O)N1CCCCC1. The molecule has 0 aromatic rings. The molecule has 1 amide bonds. The summed E-state index contributed by atoms with van der Waals surface area (Å²) in [4.78, 5) is 13.4. The molecule has 94 valence electrons. The molecule has 0 aliphatic carbocycles. The highest BCUT2D eigenvalue weighted by Crippen LogP contribution is 2.09. The van der Waals surface area contributed by atoms with Crippen molar-refractivity contribution < 1.29 is 9.53 Å². The van der Waals surface area contributed by atoms with Crippen LogP contribution >= 0.6 is 0 Å². The molecule has 4 heteroatoms. The maximum absolute atomic E-state index is 11.6. The van der Waals surface area contributed by atoms with Gasteiger partial charge in [-0.05, 0) is 32.2 Å². The largest absolute Gasteiger partial charge is 0.449 e. The lowest BCUT2D eigenvalue weighted by atomic mass is 10.1. The average molecular weight is 228 g/mol. The smallest absolute Gasteiger partial charge is 0.409 e. The van der Waals surface area contributed by atoms with Crippen molar-refractivity contribution in [1.29, 1.82) is 0 Å². The first-order valence-corrected chi connectivity index (χ1v) is 6.35. The molecule has 1 heterocycles. The van der Waals surface area contributed by atoms with Gasteiger partial charge < -0.3 is 15.0 Å². The summed E-state index contributed by atoms with van der Waals surface area (Å²) >= 11 is 0. The van der Waals surface area contributed by atoms with Crippen molar-refractivity contribution in [3.05, 3.63) is 0 Å². The van der Waals surface area contributed by atoms with E-state index in [2.05, 4.69) is 19.2 Å². The van der Waals surface area contributed by atoms with Gasteiger partial charge in [-0.2, -0.15) is 0 Å². The Bertz CT molecular complexity index is 201. The number of carbonyl (C=O) groups is 1. The first kappa shape index (κ1) is 13.3. The molecule has 1 aliphatic rings. The number of hydrogen-bond donors (Lipinski definition) is 1. The van der Waals surface area contributed by atoms with Gasteiger partial charge in [-0.15, -0.1) is 0 Å². The van der Waals surface area contributed by atoms with Gasteiger partial charge >= 0.3 is 6.09 Å². The van der Waals surface area contributed by atoms with Crippen LogP contribution in [0, 0.1) is 0 Å². The summed E-state index contributed by atoms with van der Waals surface area (Å²) in [6, 6.07) is 0.498. The molecule has 0 saturated carbocycles. The summed E-state index contributed by atoms with van der Waals surface area (Å²) in [7, 11) is 0. The third-order valence-corrected chi connectivity index (χ3v) is 2.71. The Morgan fingerprint density at radius 2 is 2.00 bits per heavy atom. The number of piperidine rings is 1. The Hall–Kier alpha value is -0.770. The number of rotatable bonds is 5. The van der Waals surface area contributed by atoms with Crippen molar-refractivity contribution in [2.75, 3.05) is 26.2 Å². The fourth-order valence-corrected chi connectivity index (χ4v) is 1.79. The zero-order valence-corrected chi connectivity index (χ0v) is 10.5. The highest BCUT2D eigenvalue weighted by Gasteiger charge is 2.16. The topological polar surface area (TPSA) is 41.6 Å². The Morgan fingerprint density at radius 3 is 2.62 bits per heavy atom. The van der Waals surface area contributed by atoms with Crippen molar-refractivity contribution in [1.82, 2.24) is 10.2 Å². The van der Waals surface area contributed by atoms with Gasteiger partial charge in [0.15, 0.2) is 0 Å². The van der Waals surface area contributed by atoms with Crippen LogP contribution in [-0.4, -0.2) is 43.3 Å². The quantitative estimate of drug-likeness (QED) is 0.732. The number of nitrogens with one attached hydrogen (secondary N) is 1. The van der Waals surface area contributed by atoms with Gasteiger partial charge in [0.05, 0.1) is 6.61 Å². The van der Waals surface area contributed by atoms with Gasteiger partial charge in [-0.3, -0.25) is 0 Å². The summed E-state index contributed by atoms with van der Waals surface area (Å²) in [5.41, 5.74) is 0. The van der Waals surface area contributed by atoms with Crippen molar-refractivity contribution in [2.45, 2.75) is 45.6 Å². The van der Waals surface area contributed by atoms with E-state index in [1.54, 1.807) is 0 Å². The average Bonchev–Trinajstić information content (AvgIpc) is 2.29. The maximum Gasteiger partial charge on any atom is 0.409 e. The first-order chi connectivity index (χ1) is 7.70. The molecular formula is C12H24N2O2. The van der Waals surface area contributed by atoms with Crippen LogP contribution in [0.15, 0.2) is 0 Å². The van der Waals surface area contributed by atoms with Crippen LogP contribution in [0.25, 0.3) is 0 Å². The highest BCUT2D eigenvalue weighted by molar-refractivity contribution is 5.67. The zero-order chi connectivity index (χ0) is 11.8. The normalized spacial score (nSPS) is 16.6. The Balaban J connectivity index is 2.01. The van der Waals surface area contributed by atoms with E-state index in [1.165, 1.54) is 6.42 Å². The second kappa shape index (κ2) is 7.49. The van der Waals surface area contributed by atoms with Crippen LogP contribution in [-0.2, 0) is 4.74 Å². The number of nitrogens with zero attached hydrogens (tertiary/aromatic N) is 1. The Kier molecular flexibility index (Phi) is 6.23. The van der Waals surface area contributed by atoms with E-state index in [0.29, 0.717) is 12.6 Å². The van der Waals surface area contributed by atoms with Crippen LogP contribution in [0.5, 0.6) is 0 Å². The van der Waals surface area contributed by atoms with Gasteiger partial charge in [-0.25, -0.2) is 4.79 Å². The van der Waals surface area contributed by atoms with Crippen LogP contribution in [0.1, 0.15) is 39.5 Å². The first-order valence-electron chi connectivity index (χ1n) is 6.35. The molecular weight excluding hydrogens is 204 g/mol. The van der Waals surface area contributed by atoms with Crippen LogP contribution in [0.4, 0.5) is 4.79 Å². The standard InChI is InChI=1S/C12H24N2O2/c1-11(2)13-7-6-10-16-12(15)14-8-4-3-5-9-14/h11,13H,3-10H2,1-2H3. The maximum atomic E-state index is 11.6. The summed E-state index contributed by atoms with van der Waals surface area (Å²) < 4.78 is 5.21. The molecule has 0 bridgehead atoms. The summed E-state index contributed by atoms with van der Waals surface area (Å²) in [5, 5.41) is 3.29. The molecule has 4 nitrogen and oxygen atoms in total. The van der Waals surface area contributed by atoms with E-state index in [-0.39, 0.29) is 6.09 Å². The van der Waals surface area contributed by atoms with E-state index >= 15 is 0 Å². The van der Waals surface area contributed by atoms with E-state index in [0.717, 1.165) is 38.9 Å². The second-order valence-corrected chi connectivity index (χ2v) is 4.62. The number of amides is 1. The lowest BCUT2D eigenvalue weighted by Crippen LogP contribution is -2.36. The molecule has 0 spiro atoms. The van der Waals surface area contributed by atoms with Crippen molar-refractivity contribution in [2.24, 2.45) is 0 Å². The van der Waals surface area contributed by atoms with Gasteiger partial charge in [0.1, 0.15) is 0 Å². The molecule has 1 saturated heterocycles. The molecule has 0 atom stereocenters. The monoisotopic (exact) mass is 228 g/mol. The molecule has 0 radical (unpaired) electrons. The minimum absolute atomic E-state index is 0.135. The van der Waals surface area contributed by atoms with Gasteiger partial charge in [0.25, 0.3) is 0 Å². The Morgan fingerprint density at radius 1 is 1.31 bits per heavy atom. The van der Waals surface area contributed by atoms with Crippen LogP contribution in [0.3, 0.4) is 0 Å². The minimum Gasteiger partial charge on any atom is -0.449 e. The fourth-order valence-electron chi connectivity index (χ4n) is 1.79. The molecule has 0 aromatic carbocycles. The van der Waals surface area contributed by atoms with Gasteiger partial charge in [-0.1, -0.05) is 13.8 Å². The lowest BCUT2D eigenvalue weighted by Gasteiger charge is -2.25. The van der Waals surface area contributed by atoms with Gasteiger partial charge in [0.2, 0.25) is 0 Å². The number of likely N-dealkylation sites (tertiary alicyclic amines) is 1. The van der Waals surface area contributed by atoms with Crippen molar-refractivity contribution in [3.63, 3.8) is 0 Å². The Labute approximate surface area is 98.3 Å². The highest BCUT2D eigenvalue weighted by atomic mass is 16.6. The third kappa shape index (κ3) is 5.35. The molecule has 16 heavy (non-hydrogen) atoms. The van der Waals surface area contributed by atoms with E-state index in [4.69, 9.17) is 4.74 Å². The van der Waals surface area contributed by atoms with Crippen molar-refractivity contribution in [3.8, 4) is 0 Å². The minimum atomic E-state index is -0.135.